The minimum Gasteiger partial charge on any atom is -0.297 e. The molecule has 3 heteroatoms. The van der Waals surface area contributed by atoms with Gasteiger partial charge in [0.1, 0.15) is 6.04 Å². The highest BCUT2D eigenvalue weighted by Crippen LogP contribution is 2.35. The monoisotopic (exact) mass is 273 g/mol. The average Bonchev–Trinajstić information content (AvgIpc) is 2.55. The van der Waals surface area contributed by atoms with E-state index in [0.717, 1.165) is 22.8 Å². The van der Waals surface area contributed by atoms with Gasteiger partial charge in [-0.15, -0.1) is 0 Å². The summed E-state index contributed by atoms with van der Waals surface area (Å²) in [7, 11) is 0. The zero-order valence-corrected chi connectivity index (χ0v) is 11.5. The van der Waals surface area contributed by atoms with Gasteiger partial charge >= 0.3 is 0 Å². The Kier molecular flexibility index (Phi) is 2.82. The first-order chi connectivity index (χ1) is 10.4. The number of fused-ring (bicyclic) bond motifs is 2. The average molecular weight is 273 g/mol. The van der Waals surface area contributed by atoms with Gasteiger partial charge in [0, 0.05) is 0 Å². The maximum absolute atomic E-state index is 4.76. The molecule has 1 atom stereocenters. The van der Waals surface area contributed by atoms with Crippen LogP contribution in [0.5, 0.6) is 0 Å². The molecule has 0 saturated heterocycles. The summed E-state index contributed by atoms with van der Waals surface area (Å²) in [5.41, 5.74) is 7.71. The lowest BCUT2D eigenvalue weighted by Gasteiger charge is -2.37. The van der Waals surface area contributed by atoms with Crippen molar-refractivity contribution in [2.45, 2.75) is 6.04 Å². The smallest absolute Gasteiger partial charge is 0.111 e. The fourth-order valence-electron chi connectivity index (χ4n) is 2.68. The number of para-hydroxylation sites is 3. The second kappa shape index (κ2) is 4.94. The van der Waals surface area contributed by atoms with Crippen molar-refractivity contribution in [3.63, 3.8) is 0 Å². The lowest BCUT2D eigenvalue weighted by molar-refractivity contribution is 0.896. The van der Waals surface area contributed by atoms with Gasteiger partial charge in [-0.05, 0) is 30.3 Å². The van der Waals surface area contributed by atoms with E-state index in [9.17, 15) is 0 Å². The predicted molar refractivity (Wildman–Crippen MR) is 88.1 cm³/mol. The third-order valence-electron chi connectivity index (χ3n) is 3.67. The van der Waals surface area contributed by atoms with Crippen LogP contribution in [0.25, 0.3) is 0 Å². The normalized spacial score (nSPS) is 18.8. The third kappa shape index (κ3) is 2.13. The van der Waals surface area contributed by atoms with E-state index in [1.54, 1.807) is 0 Å². The van der Waals surface area contributed by atoms with Crippen molar-refractivity contribution < 1.29 is 0 Å². The standard InChI is InChI=1S/C18H15N3/c1-2-8-14(9-3-1)20-21-17-12-6-4-10-15(17)19-16-11-5-7-13-18(16)21/h1-13,17,20H. The Morgan fingerprint density at radius 1 is 0.905 bits per heavy atom. The lowest BCUT2D eigenvalue weighted by Crippen LogP contribution is -2.45. The molecule has 0 saturated carbocycles. The first-order valence-electron chi connectivity index (χ1n) is 7.05. The molecule has 102 valence electrons. The van der Waals surface area contributed by atoms with E-state index in [4.69, 9.17) is 4.99 Å². The molecule has 1 aliphatic heterocycles. The summed E-state index contributed by atoms with van der Waals surface area (Å²) >= 11 is 0. The maximum Gasteiger partial charge on any atom is 0.111 e. The van der Waals surface area contributed by atoms with Crippen molar-refractivity contribution in [1.82, 2.24) is 0 Å². The molecule has 2 aromatic carbocycles. The van der Waals surface area contributed by atoms with Crippen LogP contribution in [-0.4, -0.2) is 11.8 Å². The van der Waals surface area contributed by atoms with Crippen LogP contribution in [0.1, 0.15) is 0 Å². The number of hydrazine groups is 1. The molecule has 0 radical (unpaired) electrons. The molecule has 2 aliphatic rings. The molecule has 1 heterocycles. The van der Waals surface area contributed by atoms with Crippen LogP contribution in [0, 0.1) is 0 Å². The molecule has 3 nitrogen and oxygen atoms in total. The highest BCUT2D eigenvalue weighted by Gasteiger charge is 2.28. The molecule has 0 fully saturated rings. The molecule has 1 unspecified atom stereocenters. The minimum atomic E-state index is 0.116. The van der Waals surface area contributed by atoms with Crippen molar-refractivity contribution in [3.05, 3.63) is 78.9 Å². The summed E-state index contributed by atoms with van der Waals surface area (Å²) in [5.74, 6) is 0. The summed E-state index contributed by atoms with van der Waals surface area (Å²) in [6, 6.07) is 18.5. The number of hydrogen-bond donors (Lipinski definition) is 1. The molecular formula is C18H15N3. The number of allylic oxidation sites excluding steroid dienone is 2. The lowest BCUT2D eigenvalue weighted by atomic mass is 10.0. The zero-order chi connectivity index (χ0) is 14.1. The quantitative estimate of drug-likeness (QED) is 0.892. The van der Waals surface area contributed by atoms with Crippen LogP contribution in [0.2, 0.25) is 0 Å². The molecular weight excluding hydrogens is 258 g/mol. The summed E-state index contributed by atoms with van der Waals surface area (Å²) in [5, 5.41) is 2.17. The Bertz CT molecular complexity index is 744. The van der Waals surface area contributed by atoms with Gasteiger partial charge in [0.15, 0.2) is 0 Å². The number of nitrogens with one attached hydrogen (secondary N) is 1. The van der Waals surface area contributed by atoms with Crippen LogP contribution in [0.4, 0.5) is 17.1 Å². The van der Waals surface area contributed by atoms with Crippen LogP contribution < -0.4 is 10.4 Å². The molecule has 21 heavy (non-hydrogen) atoms. The zero-order valence-electron chi connectivity index (χ0n) is 11.5. The number of nitrogens with zero attached hydrogens (tertiary/aromatic N) is 2. The number of benzene rings is 2. The van der Waals surface area contributed by atoms with Gasteiger partial charge in [0.2, 0.25) is 0 Å². The minimum absolute atomic E-state index is 0.116. The Morgan fingerprint density at radius 2 is 1.71 bits per heavy atom. The largest absolute Gasteiger partial charge is 0.297 e. The van der Waals surface area contributed by atoms with E-state index in [-0.39, 0.29) is 6.04 Å². The molecule has 0 amide bonds. The van der Waals surface area contributed by atoms with Gasteiger partial charge in [-0.3, -0.25) is 10.4 Å². The summed E-state index contributed by atoms with van der Waals surface area (Å²) < 4.78 is 0. The molecule has 0 spiro atoms. The summed E-state index contributed by atoms with van der Waals surface area (Å²) in [4.78, 5) is 4.76. The van der Waals surface area contributed by atoms with E-state index >= 15 is 0 Å². The molecule has 1 N–H and O–H groups in total. The third-order valence-corrected chi connectivity index (χ3v) is 3.67. The fraction of sp³-hybridized carbons (Fsp3) is 0.0556. The van der Waals surface area contributed by atoms with E-state index in [0.29, 0.717) is 0 Å². The van der Waals surface area contributed by atoms with Crippen molar-refractivity contribution in [2.75, 3.05) is 10.4 Å². The predicted octanol–water partition coefficient (Wildman–Crippen LogP) is 4.10. The van der Waals surface area contributed by atoms with Crippen molar-refractivity contribution >= 4 is 22.8 Å². The van der Waals surface area contributed by atoms with Crippen LogP contribution in [0.3, 0.4) is 0 Å². The van der Waals surface area contributed by atoms with Crippen molar-refractivity contribution in [1.29, 1.82) is 0 Å². The van der Waals surface area contributed by atoms with Crippen molar-refractivity contribution in [2.24, 2.45) is 4.99 Å². The number of anilines is 2. The Morgan fingerprint density at radius 3 is 2.62 bits per heavy atom. The molecule has 0 bridgehead atoms. The first-order valence-corrected chi connectivity index (χ1v) is 7.05. The van der Waals surface area contributed by atoms with Gasteiger partial charge < -0.3 is 0 Å². The van der Waals surface area contributed by atoms with Crippen LogP contribution >= 0.6 is 0 Å². The second-order valence-corrected chi connectivity index (χ2v) is 5.06. The van der Waals surface area contributed by atoms with E-state index in [1.165, 1.54) is 0 Å². The SMILES string of the molecule is C1=CC2=Nc3ccccc3N(Nc3ccccc3)C2C=C1. The molecule has 0 aromatic heterocycles. The van der Waals surface area contributed by atoms with Gasteiger partial charge in [-0.2, -0.15) is 0 Å². The summed E-state index contributed by atoms with van der Waals surface area (Å²) in [6.07, 6.45) is 8.33. The highest BCUT2D eigenvalue weighted by molar-refractivity contribution is 6.08. The Balaban J connectivity index is 1.79. The van der Waals surface area contributed by atoms with E-state index in [2.05, 4.69) is 46.9 Å². The molecule has 4 rings (SSSR count). The molecule has 1 aliphatic carbocycles. The first kappa shape index (κ1) is 12.0. The van der Waals surface area contributed by atoms with Gasteiger partial charge in [0.05, 0.1) is 22.8 Å². The summed E-state index contributed by atoms with van der Waals surface area (Å²) in [6.45, 7) is 0. The number of rotatable bonds is 2. The topological polar surface area (TPSA) is 27.6 Å². The fourth-order valence-corrected chi connectivity index (χ4v) is 2.68. The molecule has 2 aromatic rings. The van der Waals surface area contributed by atoms with Gasteiger partial charge in [-0.1, -0.05) is 48.6 Å². The van der Waals surface area contributed by atoms with Crippen LogP contribution in [0.15, 0.2) is 83.9 Å². The highest BCUT2D eigenvalue weighted by atomic mass is 15.5. The van der Waals surface area contributed by atoms with E-state index in [1.807, 2.05) is 42.5 Å². The van der Waals surface area contributed by atoms with Gasteiger partial charge in [0.25, 0.3) is 0 Å². The van der Waals surface area contributed by atoms with Gasteiger partial charge in [-0.25, -0.2) is 4.99 Å². The Labute approximate surface area is 123 Å². The Hall–Kier alpha value is -2.81. The number of aliphatic imine (C=N–C) groups is 1. The second-order valence-electron chi connectivity index (χ2n) is 5.06. The number of hydrogen-bond acceptors (Lipinski definition) is 3. The van der Waals surface area contributed by atoms with Crippen LogP contribution in [-0.2, 0) is 0 Å². The van der Waals surface area contributed by atoms with E-state index < -0.39 is 0 Å². The van der Waals surface area contributed by atoms with Crippen molar-refractivity contribution in [3.8, 4) is 0 Å². The maximum atomic E-state index is 4.76.